The largest absolute Gasteiger partial charge is 0.475 e. The summed E-state index contributed by atoms with van der Waals surface area (Å²) in [4.78, 5) is 14.5. The number of aromatic carboxylic acids is 1. The van der Waals surface area contributed by atoms with E-state index in [1.165, 1.54) is 6.20 Å². The normalized spacial score (nSPS) is 16.0. The van der Waals surface area contributed by atoms with Gasteiger partial charge in [0.15, 0.2) is 5.89 Å². The van der Waals surface area contributed by atoms with Crippen LogP contribution >= 0.6 is 24.8 Å². The van der Waals surface area contributed by atoms with Crippen molar-refractivity contribution >= 4 is 30.8 Å². The molecular formula is C9H14Cl2N2O3. The molecule has 0 radical (unpaired) electrons. The fourth-order valence-electron chi connectivity index (χ4n) is 1.64. The summed E-state index contributed by atoms with van der Waals surface area (Å²) in [6, 6.07) is 0. The fourth-order valence-corrected chi connectivity index (χ4v) is 1.64. The van der Waals surface area contributed by atoms with Crippen molar-refractivity contribution in [3.8, 4) is 0 Å². The fraction of sp³-hybridized carbons (Fsp3) is 0.556. The number of carboxylic acid groups (broad SMARTS) is 1. The standard InChI is InChI=1S/C9H12N2O3.2ClH/c12-9(13)7-5-11-8(14-7)6-1-3-10-4-2-6;;/h5-6,10H,1-4H2,(H,12,13);2*1H. The lowest BCUT2D eigenvalue weighted by Crippen LogP contribution is -2.26. The Morgan fingerprint density at radius 2 is 2.06 bits per heavy atom. The van der Waals surface area contributed by atoms with E-state index < -0.39 is 5.97 Å². The smallest absolute Gasteiger partial charge is 0.373 e. The third-order valence-electron chi connectivity index (χ3n) is 2.42. The van der Waals surface area contributed by atoms with Crippen LogP contribution in [0, 0.1) is 0 Å². The maximum atomic E-state index is 10.6. The highest BCUT2D eigenvalue weighted by molar-refractivity contribution is 5.85. The van der Waals surface area contributed by atoms with Crippen molar-refractivity contribution in [3.05, 3.63) is 17.8 Å². The molecule has 1 aromatic heterocycles. The molecule has 0 bridgehead atoms. The van der Waals surface area contributed by atoms with Crippen LogP contribution in [0.1, 0.15) is 35.2 Å². The Kier molecular flexibility index (Phi) is 6.40. The monoisotopic (exact) mass is 268 g/mol. The molecule has 1 aliphatic heterocycles. The number of hydrogen-bond acceptors (Lipinski definition) is 4. The van der Waals surface area contributed by atoms with Crippen LogP contribution in [0.25, 0.3) is 0 Å². The first-order valence-corrected chi connectivity index (χ1v) is 4.67. The molecule has 0 aliphatic carbocycles. The Bertz CT molecular complexity index is 337. The summed E-state index contributed by atoms with van der Waals surface area (Å²) in [5.41, 5.74) is 0. The van der Waals surface area contributed by atoms with E-state index in [0.717, 1.165) is 25.9 Å². The summed E-state index contributed by atoms with van der Waals surface area (Å²) < 4.78 is 5.15. The molecule has 0 amide bonds. The maximum absolute atomic E-state index is 10.6. The number of nitrogens with one attached hydrogen (secondary N) is 1. The molecule has 0 saturated carbocycles. The third-order valence-corrected chi connectivity index (χ3v) is 2.42. The highest BCUT2D eigenvalue weighted by Gasteiger charge is 2.21. The lowest BCUT2D eigenvalue weighted by atomic mass is 9.98. The Morgan fingerprint density at radius 1 is 1.44 bits per heavy atom. The van der Waals surface area contributed by atoms with E-state index in [9.17, 15) is 4.79 Å². The molecule has 1 fully saturated rings. The third kappa shape index (κ3) is 3.37. The Hall–Kier alpha value is -0.780. The average Bonchev–Trinajstić information content (AvgIpc) is 2.68. The molecule has 92 valence electrons. The van der Waals surface area contributed by atoms with Crippen molar-refractivity contribution in [2.75, 3.05) is 13.1 Å². The van der Waals surface area contributed by atoms with Crippen LogP contribution in [0.4, 0.5) is 0 Å². The summed E-state index contributed by atoms with van der Waals surface area (Å²) in [6.07, 6.45) is 3.19. The molecule has 7 heteroatoms. The first-order valence-electron chi connectivity index (χ1n) is 4.67. The number of hydrogen-bond donors (Lipinski definition) is 2. The molecule has 1 aromatic rings. The Labute approximate surface area is 105 Å². The minimum atomic E-state index is -1.06. The van der Waals surface area contributed by atoms with Crippen molar-refractivity contribution in [1.82, 2.24) is 10.3 Å². The van der Waals surface area contributed by atoms with Gasteiger partial charge >= 0.3 is 5.97 Å². The number of carboxylic acids is 1. The van der Waals surface area contributed by atoms with Crippen LogP contribution in [-0.4, -0.2) is 29.1 Å². The van der Waals surface area contributed by atoms with Gasteiger partial charge in [-0.3, -0.25) is 0 Å². The van der Waals surface area contributed by atoms with Crippen LogP contribution in [0.3, 0.4) is 0 Å². The van der Waals surface area contributed by atoms with Gasteiger partial charge in [-0.1, -0.05) is 0 Å². The average molecular weight is 269 g/mol. The van der Waals surface area contributed by atoms with Gasteiger partial charge in [0.2, 0.25) is 5.76 Å². The Morgan fingerprint density at radius 3 is 2.56 bits per heavy atom. The molecule has 1 aliphatic rings. The predicted molar refractivity (Wildman–Crippen MR) is 62.8 cm³/mol. The molecule has 0 spiro atoms. The second-order valence-electron chi connectivity index (χ2n) is 3.39. The van der Waals surface area contributed by atoms with Gasteiger partial charge in [-0.15, -0.1) is 24.8 Å². The van der Waals surface area contributed by atoms with E-state index in [1.54, 1.807) is 0 Å². The summed E-state index contributed by atoms with van der Waals surface area (Å²) in [5.74, 6) is -0.301. The summed E-state index contributed by atoms with van der Waals surface area (Å²) in [6.45, 7) is 1.88. The van der Waals surface area contributed by atoms with Crippen LogP contribution in [0.2, 0.25) is 0 Å². The van der Waals surface area contributed by atoms with Gasteiger partial charge in [-0.05, 0) is 25.9 Å². The van der Waals surface area contributed by atoms with Crippen molar-refractivity contribution < 1.29 is 14.3 Å². The topological polar surface area (TPSA) is 75.4 Å². The summed E-state index contributed by atoms with van der Waals surface area (Å²) in [5, 5.41) is 11.9. The number of aromatic nitrogens is 1. The first-order chi connectivity index (χ1) is 6.77. The van der Waals surface area contributed by atoms with Crippen LogP contribution in [-0.2, 0) is 0 Å². The van der Waals surface area contributed by atoms with Crippen molar-refractivity contribution in [1.29, 1.82) is 0 Å². The predicted octanol–water partition coefficient (Wildman–Crippen LogP) is 1.68. The molecule has 16 heavy (non-hydrogen) atoms. The number of rotatable bonds is 2. The number of piperidine rings is 1. The molecule has 2 rings (SSSR count). The van der Waals surface area contributed by atoms with Crippen LogP contribution in [0.15, 0.2) is 10.6 Å². The van der Waals surface area contributed by atoms with Gasteiger partial charge in [-0.2, -0.15) is 0 Å². The highest BCUT2D eigenvalue weighted by Crippen LogP contribution is 2.24. The van der Waals surface area contributed by atoms with E-state index in [1.807, 2.05) is 0 Å². The van der Waals surface area contributed by atoms with Gasteiger partial charge in [0.05, 0.1) is 6.20 Å². The van der Waals surface area contributed by atoms with Gasteiger partial charge in [0.25, 0.3) is 0 Å². The molecule has 0 atom stereocenters. The number of halogens is 2. The summed E-state index contributed by atoms with van der Waals surface area (Å²) >= 11 is 0. The SMILES string of the molecule is Cl.Cl.O=C(O)c1cnc(C2CCNCC2)o1. The second-order valence-corrected chi connectivity index (χ2v) is 3.39. The first kappa shape index (κ1) is 15.2. The number of nitrogens with zero attached hydrogens (tertiary/aromatic N) is 1. The molecule has 2 heterocycles. The number of carbonyl (C=O) groups is 1. The molecule has 5 nitrogen and oxygen atoms in total. The van der Waals surface area contributed by atoms with Gasteiger partial charge < -0.3 is 14.8 Å². The molecule has 2 N–H and O–H groups in total. The minimum Gasteiger partial charge on any atom is -0.475 e. The minimum absolute atomic E-state index is 0. The van der Waals surface area contributed by atoms with Crippen LogP contribution in [0.5, 0.6) is 0 Å². The van der Waals surface area contributed by atoms with Crippen molar-refractivity contribution in [3.63, 3.8) is 0 Å². The molecular weight excluding hydrogens is 255 g/mol. The lowest BCUT2D eigenvalue weighted by Gasteiger charge is -2.19. The van der Waals surface area contributed by atoms with E-state index in [2.05, 4.69) is 10.3 Å². The molecule has 0 unspecified atom stereocenters. The van der Waals surface area contributed by atoms with Gasteiger partial charge in [0, 0.05) is 5.92 Å². The van der Waals surface area contributed by atoms with E-state index in [0.29, 0.717) is 5.89 Å². The Balaban J connectivity index is 0.00000112. The van der Waals surface area contributed by atoms with E-state index in [-0.39, 0.29) is 36.5 Å². The molecule has 0 aromatic carbocycles. The van der Waals surface area contributed by atoms with Crippen LogP contribution < -0.4 is 5.32 Å². The zero-order valence-corrected chi connectivity index (χ0v) is 10.1. The van der Waals surface area contributed by atoms with E-state index >= 15 is 0 Å². The lowest BCUT2D eigenvalue weighted by molar-refractivity contribution is 0.0659. The second kappa shape index (κ2) is 6.73. The zero-order chi connectivity index (χ0) is 9.97. The summed E-state index contributed by atoms with van der Waals surface area (Å²) in [7, 11) is 0. The van der Waals surface area contributed by atoms with Crippen molar-refractivity contribution in [2.45, 2.75) is 18.8 Å². The maximum Gasteiger partial charge on any atom is 0.373 e. The van der Waals surface area contributed by atoms with Gasteiger partial charge in [-0.25, -0.2) is 9.78 Å². The highest BCUT2D eigenvalue weighted by atomic mass is 35.5. The van der Waals surface area contributed by atoms with Crippen molar-refractivity contribution in [2.24, 2.45) is 0 Å². The zero-order valence-electron chi connectivity index (χ0n) is 8.51. The van der Waals surface area contributed by atoms with E-state index in [4.69, 9.17) is 9.52 Å². The molecule has 1 saturated heterocycles. The number of oxazole rings is 1. The van der Waals surface area contributed by atoms with Gasteiger partial charge in [0.1, 0.15) is 0 Å². The quantitative estimate of drug-likeness (QED) is 0.854.